The normalized spacial score (nSPS) is 11.8. The van der Waals surface area contributed by atoms with Crippen LogP contribution in [0.2, 0.25) is 0 Å². The van der Waals surface area contributed by atoms with Crippen LogP contribution in [0, 0.1) is 6.92 Å². The van der Waals surface area contributed by atoms with E-state index in [9.17, 15) is 14.4 Å². The minimum atomic E-state index is -0.486. The summed E-state index contributed by atoms with van der Waals surface area (Å²) in [6.45, 7) is 3.62. The lowest BCUT2D eigenvalue weighted by atomic mass is 10.1. The number of carbonyl (C=O) groups is 3. The molecule has 9 nitrogen and oxygen atoms in total. The average molecular weight is 574 g/mol. The van der Waals surface area contributed by atoms with Gasteiger partial charge in [-0.3, -0.25) is 19.7 Å². The zero-order valence-corrected chi connectivity index (χ0v) is 23.6. The lowest BCUT2D eigenvalue weighted by molar-refractivity contribution is -0.115. The van der Waals surface area contributed by atoms with E-state index in [-0.39, 0.29) is 16.9 Å². The second-order valence-corrected chi connectivity index (χ2v) is 11.1. The zero-order valence-electron chi connectivity index (χ0n) is 22.0. The van der Waals surface area contributed by atoms with E-state index in [0.29, 0.717) is 27.7 Å². The monoisotopic (exact) mass is 573 g/mol. The van der Waals surface area contributed by atoms with Crippen LogP contribution >= 0.6 is 23.1 Å². The molecule has 3 aromatic carbocycles. The summed E-state index contributed by atoms with van der Waals surface area (Å²) in [5.41, 5.74) is 1.75. The third-order valence-electron chi connectivity index (χ3n) is 5.51. The van der Waals surface area contributed by atoms with Crippen LogP contribution in [0.4, 0.5) is 10.8 Å². The Labute approximate surface area is 240 Å². The standard InChI is InChI=1S/C29H27N5O4S2/c1-18(26(35)32-29-34-33-19(2)40-29)39-24-15-11-22(12-16-24)30-28(37)25(17-20-9-13-23(38-3)14-10-20)31-27(36)21-7-5-4-6-8-21/h4-18H,1-3H3,(H,30,37)(H,31,36)(H,32,34,35)/b25-17-/t18-/m0/s1. The van der Waals surface area contributed by atoms with Crippen LogP contribution in [0.25, 0.3) is 6.08 Å². The Kier molecular flexibility index (Phi) is 9.66. The number of amides is 3. The second-order valence-electron chi connectivity index (χ2n) is 8.51. The van der Waals surface area contributed by atoms with Crippen LogP contribution in [0.1, 0.15) is 27.9 Å². The lowest BCUT2D eigenvalue weighted by Gasteiger charge is -2.13. The topological polar surface area (TPSA) is 122 Å². The summed E-state index contributed by atoms with van der Waals surface area (Å²) in [5.74, 6) is -0.392. The Balaban J connectivity index is 1.44. The van der Waals surface area contributed by atoms with Crippen molar-refractivity contribution in [3.05, 3.63) is 101 Å². The van der Waals surface area contributed by atoms with Gasteiger partial charge in [0, 0.05) is 16.1 Å². The molecule has 0 unspecified atom stereocenters. The number of benzene rings is 3. The lowest BCUT2D eigenvalue weighted by Crippen LogP contribution is -2.30. The number of carbonyl (C=O) groups excluding carboxylic acids is 3. The molecule has 3 amide bonds. The maximum atomic E-state index is 13.2. The highest BCUT2D eigenvalue weighted by Crippen LogP contribution is 2.26. The third kappa shape index (κ3) is 8.01. The van der Waals surface area contributed by atoms with Gasteiger partial charge in [0.05, 0.1) is 12.4 Å². The Bertz CT molecular complexity index is 1500. The summed E-state index contributed by atoms with van der Waals surface area (Å²) >= 11 is 2.69. The van der Waals surface area contributed by atoms with Crippen molar-refractivity contribution in [3.63, 3.8) is 0 Å². The van der Waals surface area contributed by atoms with Gasteiger partial charge < -0.3 is 15.4 Å². The number of nitrogens with zero attached hydrogens (tertiary/aromatic N) is 2. The molecule has 204 valence electrons. The first-order chi connectivity index (χ1) is 19.3. The zero-order chi connectivity index (χ0) is 28.5. The van der Waals surface area contributed by atoms with E-state index in [1.165, 1.54) is 23.1 Å². The molecule has 0 saturated carbocycles. The molecule has 0 fully saturated rings. The minimum Gasteiger partial charge on any atom is -0.497 e. The summed E-state index contributed by atoms with van der Waals surface area (Å²) in [6.07, 6.45) is 1.60. The van der Waals surface area contributed by atoms with Gasteiger partial charge in [-0.05, 0) is 74.0 Å². The first kappa shape index (κ1) is 28.5. The van der Waals surface area contributed by atoms with E-state index in [4.69, 9.17) is 4.74 Å². The molecule has 0 bridgehead atoms. The molecule has 0 aliphatic carbocycles. The van der Waals surface area contributed by atoms with E-state index >= 15 is 0 Å². The molecular weight excluding hydrogens is 546 g/mol. The van der Waals surface area contributed by atoms with Crippen molar-refractivity contribution in [1.29, 1.82) is 0 Å². The quantitative estimate of drug-likeness (QED) is 0.172. The molecule has 0 spiro atoms. The smallest absolute Gasteiger partial charge is 0.272 e. The molecule has 0 saturated heterocycles. The van der Waals surface area contributed by atoms with E-state index < -0.39 is 11.8 Å². The maximum Gasteiger partial charge on any atom is 0.272 e. The first-order valence-electron chi connectivity index (χ1n) is 12.2. The van der Waals surface area contributed by atoms with E-state index in [1.54, 1.807) is 80.8 Å². The summed E-state index contributed by atoms with van der Waals surface area (Å²) in [6, 6.07) is 22.9. The highest BCUT2D eigenvalue weighted by Gasteiger charge is 2.18. The number of anilines is 2. The number of aryl methyl sites for hydroxylation is 1. The Hall–Kier alpha value is -4.48. The molecule has 3 N–H and O–H groups in total. The van der Waals surface area contributed by atoms with Crippen molar-refractivity contribution in [2.75, 3.05) is 17.7 Å². The van der Waals surface area contributed by atoms with Gasteiger partial charge in [0.1, 0.15) is 16.5 Å². The summed E-state index contributed by atoms with van der Waals surface area (Å²) < 4.78 is 5.20. The number of aromatic nitrogens is 2. The van der Waals surface area contributed by atoms with Gasteiger partial charge in [-0.25, -0.2) is 0 Å². The fraction of sp³-hybridized carbons (Fsp3) is 0.138. The first-order valence-corrected chi connectivity index (χ1v) is 13.9. The molecule has 11 heteroatoms. The molecular formula is C29H27N5O4S2. The minimum absolute atomic E-state index is 0.0784. The number of thioether (sulfide) groups is 1. The molecule has 0 radical (unpaired) electrons. The van der Waals surface area contributed by atoms with Gasteiger partial charge in [-0.15, -0.1) is 22.0 Å². The predicted molar refractivity (Wildman–Crippen MR) is 159 cm³/mol. The summed E-state index contributed by atoms with van der Waals surface area (Å²) in [5, 5.41) is 17.0. The van der Waals surface area contributed by atoms with Gasteiger partial charge in [0.15, 0.2) is 0 Å². The SMILES string of the molecule is COc1ccc(/C=C(\NC(=O)c2ccccc2)C(=O)Nc2ccc(S[C@@H](C)C(=O)Nc3nnc(C)s3)cc2)cc1. The van der Waals surface area contributed by atoms with Crippen molar-refractivity contribution in [2.45, 2.75) is 24.0 Å². The largest absolute Gasteiger partial charge is 0.497 e. The molecule has 1 heterocycles. The molecule has 40 heavy (non-hydrogen) atoms. The average Bonchev–Trinajstić information content (AvgIpc) is 3.38. The van der Waals surface area contributed by atoms with Gasteiger partial charge in [0.25, 0.3) is 11.8 Å². The third-order valence-corrected chi connectivity index (χ3v) is 7.37. The molecule has 0 aliphatic heterocycles. The molecule has 1 aromatic heterocycles. The van der Waals surface area contributed by atoms with Crippen LogP contribution in [-0.2, 0) is 9.59 Å². The number of nitrogens with one attached hydrogen (secondary N) is 3. The second kappa shape index (κ2) is 13.5. The van der Waals surface area contributed by atoms with Gasteiger partial charge in [0.2, 0.25) is 11.0 Å². The van der Waals surface area contributed by atoms with E-state index in [1.807, 2.05) is 25.1 Å². The van der Waals surface area contributed by atoms with Crippen molar-refractivity contribution < 1.29 is 19.1 Å². The highest BCUT2D eigenvalue weighted by atomic mass is 32.2. The Morgan fingerprint density at radius 1 is 0.925 bits per heavy atom. The Morgan fingerprint density at radius 2 is 1.62 bits per heavy atom. The number of rotatable bonds is 10. The van der Waals surface area contributed by atoms with Crippen LogP contribution in [0.5, 0.6) is 5.75 Å². The van der Waals surface area contributed by atoms with Crippen molar-refractivity contribution >= 4 is 57.7 Å². The fourth-order valence-electron chi connectivity index (χ4n) is 3.44. The van der Waals surface area contributed by atoms with Crippen LogP contribution in [0.15, 0.2) is 89.5 Å². The number of hydrogen-bond acceptors (Lipinski definition) is 8. The molecule has 1 atom stereocenters. The van der Waals surface area contributed by atoms with Crippen molar-refractivity contribution in [2.24, 2.45) is 0 Å². The van der Waals surface area contributed by atoms with Gasteiger partial charge in [-0.1, -0.05) is 41.7 Å². The molecule has 0 aliphatic rings. The highest BCUT2D eigenvalue weighted by molar-refractivity contribution is 8.00. The summed E-state index contributed by atoms with van der Waals surface area (Å²) in [7, 11) is 1.57. The van der Waals surface area contributed by atoms with Gasteiger partial charge in [-0.2, -0.15) is 0 Å². The fourth-order valence-corrected chi connectivity index (χ4v) is 4.90. The van der Waals surface area contributed by atoms with E-state index in [0.717, 1.165) is 9.90 Å². The Morgan fingerprint density at radius 3 is 2.25 bits per heavy atom. The number of hydrogen-bond donors (Lipinski definition) is 3. The molecule has 4 rings (SSSR count). The number of methoxy groups -OCH3 is 1. The molecule has 4 aromatic rings. The summed E-state index contributed by atoms with van der Waals surface area (Å²) in [4.78, 5) is 39.4. The van der Waals surface area contributed by atoms with Crippen LogP contribution < -0.4 is 20.7 Å². The van der Waals surface area contributed by atoms with E-state index in [2.05, 4.69) is 26.1 Å². The van der Waals surface area contributed by atoms with Crippen LogP contribution in [-0.4, -0.2) is 40.3 Å². The van der Waals surface area contributed by atoms with Gasteiger partial charge >= 0.3 is 0 Å². The van der Waals surface area contributed by atoms with Crippen LogP contribution in [0.3, 0.4) is 0 Å². The maximum absolute atomic E-state index is 13.2. The predicted octanol–water partition coefficient (Wildman–Crippen LogP) is 5.38. The number of ether oxygens (including phenoxy) is 1. The van der Waals surface area contributed by atoms with Crippen molar-refractivity contribution in [3.8, 4) is 5.75 Å². The van der Waals surface area contributed by atoms with Crippen molar-refractivity contribution in [1.82, 2.24) is 15.5 Å².